The third kappa shape index (κ3) is 4.14. The van der Waals surface area contributed by atoms with Crippen LogP contribution in [0.25, 0.3) is 0 Å². The van der Waals surface area contributed by atoms with Crippen molar-refractivity contribution in [2.24, 2.45) is 0 Å². The molecule has 0 aliphatic rings. The summed E-state index contributed by atoms with van der Waals surface area (Å²) in [5.41, 5.74) is 5.88. The number of hydrogen-bond acceptors (Lipinski definition) is 4. The minimum Gasteiger partial charge on any atom is -0.457 e. The summed E-state index contributed by atoms with van der Waals surface area (Å²) in [6.45, 7) is 0. The van der Waals surface area contributed by atoms with Gasteiger partial charge in [0.2, 0.25) is 0 Å². The van der Waals surface area contributed by atoms with E-state index in [1.807, 2.05) is 0 Å². The second-order valence-corrected chi connectivity index (χ2v) is 4.73. The summed E-state index contributed by atoms with van der Waals surface area (Å²) in [6, 6.07) is 9.33. The molecule has 0 aliphatic carbocycles. The van der Waals surface area contributed by atoms with Gasteiger partial charge in [0.05, 0.1) is 11.1 Å². The fourth-order valence-corrected chi connectivity index (χ4v) is 2.06. The lowest BCUT2D eigenvalue weighted by molar-refractivity contribution is -0.137. The molecule has 0 atom stereocenters. The van der Waals surface area contributed by atoms with E-state index in [1.54, 1.807) is 18.2 Å². The Morgan fingerprint density at radius 3 is 2.30 bits per heavy atom. The predicted molar refractivity (Wildman–Crippen MR) is 79.1 cm³/mol. The largest absolute Gasteiger partial charge is 0.457 e. The number of rotatable bonds is 5. The number of hydrogen-bond donors (Lipinski definition) is 1. The number of nitrogen functional groups attached to an aromatic ring is 1. The molecule has 7 heteroatoms. The third-order valence-electron chi connectivity index (χ3n) is 3.11. The van der Waals surface area contributed by atoms with E-state index in [2.05, 4.69) is 0 Å². The second kappa shape index (κ2) is 6.89. The van der Waals surface area contributed by atoms with Crippen LogP contribution in [0.3, 0.4) is 0 Å². The third-order valence-corrected chi connectivity index (χ3v) is 3.11. The van der Waals surface area contributed by atoms with Crippen LogP contribution in [0.5, 0.6) is 11.5 Å². The summed E-state index contributed by atoms with van der Waals surface area (Å²) in [5.74, 6) is 0.351. The lowest BCUT2D eigenvalue weighted by atomic mass is 10.1. The molecule has 0 spiro atoms. The maximum Gasteiger partial charge on any atom is 0.416 e. The second-order valence-electron chi connectivity index (χ2n) is 4.73. The quantitative estimate of drug-likeness (QED) is 0.654. The van der Waals surface area contributed by atoms with Crippen LogP contribution in [0, 0.1) is 0 Å². The normalized spacial score (nSPS) is 11.7. The molecule has 0 saturated carbocycles. The van der Waals surface area contributed by atoms with Crippen LogP contribution in [-0.2, 0) is 15.7 Å². The van der Waals surface area contributed by atoms with Crippen molar-refractivity contribution in [2.45, 2.75) is 12.5 Å². The molecule has 0 aromatic heterocycles. The first-order valence-electron chi connectivity index (χ1n) is 6.65. The molecule has 0 unspecified atom stereocenters. The van der Waals surface area contributed by atoms with Gasteiger partial charge in [0.25, 0.3) is 0 Å². The van der Waals surface area contributed by atoms with Gasteiger partial charge >= 0.3 is 6.18 Å². The first kappa shape index (κ1) is 17.1. The molecule has 2 aromatic carbocycles. The molecule has 0 saturated heterocycles. The van der Waals surface area contributed by atoms with Crippen molar-refractivity contribution < 1.29 is 27.4 Å². The Labute approximate surface area is 131 Å². The Morgan fingerprint density at radius 1 is 1.00 bits per heavy atom. The van der Waals surface area contributed by atoms with Crippen molar-refractivity contribution in [3.8, 4) is 11.5 Å². The van der Waals surface area contributed by atoms with E-state index in [9.17, 15) is 13.2 Å². The van der Waals surface area contributed by atoms with E-state index < -0.39 is 18.0 Å². The number of alkyl halides is 3. The first-order valence-corrected chi connectivity index (χ1v) is 6.65. The summed E-state index contributed by atoms with van der Waals surface area (Å²) in [4.78, 5) is 0. The van der Waals surface area contributed by atoms with E-state index in [-0.39, 0.29) is 5.75 Å². The Hall–Kier alpha value is -2.25. The molecule has 23 heavy (non-hydrogen) atoms. The van der Waals surface area contributed by atoms with Crippen molar-refractivity contribution in [1.29, 1.82) is 0 Å². The van der Waals surface area contributed by atoms with Gasteiger partial charge in [0, 0.05) is 19.9 Å². The minimum absolute atomic E-state index is 0.0526. The van der Waals surface area contributed by atoms with Gasteiger partial charge in [-0.25, -0.2) is 0 Å². The van der Waals surface area contributed by atoms with Crippen LogP contribution in [0.2, 0.25) is 0 Å². The highest BCUT2D eigenvalue weighted by Gasteiger charge is 2.30. The summed E-state index contributed by atoms with van der Waals surface area (Å²) in [5, 5.41) is 0. The van der Waals surface area contributed by atoms with Crippen molar-refractivity contribution >= 4 is 5.69 Å². The number of halogens is 3. The van der Waals surface area contributed by atoms with Crippen LogP contribution >= 0.6 is 0 Å². The molecule has 0 bridgehead atoms. The maximum atomic E-state index is 12.8. The molecule has 2 rings (SSSR count). The average molecular weight is 327 g/mol. The molecule has 0 fully saturated rings. The van der Waals surface area contributed by atoms with Crippen LogP contribution in [0.15, 0.2) is 42.5 Å². The number of methoxy groups -OCH3 is 2. The van der Waals surface area contributed by atoms with Crippen molar-refractivity contribution in [3.63, 3.8) is 0 Å². The van der Waals surface area contributed by atoms with Crippen LogP contribution in [0.4, 0.5) is 18.9 Å². The Bertz CT molecular complexity index is 670. The zero-order valence-corrected chi connectivity index (χ0v) is 12.6. The number of nitrogens with two attached hydrogens (primary N) is 1. The molecular weight excluding hydrogens is 311 g/mol. The van der Waals surface area contributed by atoms with Gasteiger partial charge in [-0.05, 0) is 36.4 Å². The zero-order valence-electron chi connectivity index (χ0n) is 12.6. The lowest BCUT2D eigenvalue weighted by Crippen LogP contribution is -2.07. The van der Waals surface area contributed by atoms with Gasteiger partial charge in [-0.1, -0.05) is 6.07 Å². The Balaban J connectivity index is 2.37. The molecule has 2 aromatic rings. The molecular formula is C16H16F3NO3. The summed E-state index contributed by atoms with van der Waals surface area (Å²) in [6.07, 6.45) is -5.19. The Morgan fingerprint density at radius 2 is 1.70 bits per heavy atom. The predicted octanol–water partition coefficient (Wildman–Crippen LogP) is 4.37. The highest BCUT2D eigenvalue weighted by atomic mass is 19.4. The highest BCUT2D eigenvalue weighted by Crippen LogP contribution is 2.36. The van der Waals surface area contributed by atoms with Crippen LogP contribution < -0.4 is 10.5 Å². The van der Waals surface area contributed by atoms with Gasteiger partial charge in [-0.15, -0.1) is 0 Å². The number of anilines is 1. The first-order chi connectivity index (χ1) is 10.8. The zero-order chi connectivity index (χ0) is 17.0. The van der Waals surface area contributed by atoms with E-state index in [4.69, 9.17) is 19.9 Å². The molecule has 0 amide bonds. The van der Waals surface area contributed by atoms with Gasteiger partial charge in [0.15, 0.2) is 6.29 Å². The monoisotopic (exact) mass is 327 g/mol. The van der Waals surface area contributed by atoms with E-state index in [0.717, 1.165) is 12.1 Å². The minimum atomic E-state index is -4.44. The van der Waals surface area contributed by atoms with Crippen LogP contribution in [0.1, 0.15) is 17.4 Å². The van der Waals surface area contributed by atoms with Crippen molar-refractivity contribution in [3.05, 3.63) is 53.6 Å². The fourth-order valence-electron chi connectivity index (χ4n) is 2.06. The lowest BCUT2D eigenvalue weighted by Gasteiger charge is -2.18. The van der Waals surface area contributed by atoms with Gasteiger partial charge in [-0.3, -0.25) is 0 Å². The molecule has 4 nitrogen and oxygen atoms in total. The Kier molecular flexibility index (Phi) is 5.12. The standard InChI is InChI=1S/C16H16F3NO3/c1-21-15(22-2)13-9-11(20)6-7-14(13)23-12-5-3-4-10(8-12)16(17,18)19/h3-9,15H,20H2,1-2H3. The molecule has 0 aliphatic heterocycles. The van der Waals surface area contributed by atoms with Crippen molar-refractivity contribution in [2.75, 3.05) is 20.0 Å². The molecule has 0 radical (unpaired) electrons. The molecule has 2 N–H and O–H groups in total. The summed E-state index contributed by atoms with van der Waals surface area (Å²) < 4.78 is 54.2. The maximum absolute atomic E-state index is 12.8. The van der Waals surface area contributed by atoms with E-state index >= 15 is 0 Å². The number of ether oxygens (including phenoxy) is 3. The smallest absolute Gasteiger partial charge is 0.416 e. The number of benzene rings is 2. The summed E-state index contributed by atoms with van der Waals surface area (Å²) in [7, 11) is 2.87. The van der Waals surface area contributed by atoms with Crippen LogP contribution in [-0.4, -0.2) is 14.2 Å². The SMILES string of the molecule is COC(OC)c1cc(N)ccc1Oc1cccc(C(F)(F)F)c1. The van der Waals surface area contributed by atoms with Gasteiger partial charge in [0.1, 0.15) is 11.5 Å². The van der Waals surface area contributed by atoms with Crippen molar-refractivity contribution in [1.82, 2.24) is 0 Å². The topological polar surface area (TPSA) is 53.7 Å². The van der Waals surface area contributed by atoms with Gasteiger partial charge in [-0.2, -0.15) is 13.2 Å². The fraction of sp³-hybridized carbons (Fsp3) is 0.250. The van der Waals surface area contributed by atoms with E-state index in [1.165, 1.54) is 26.4 Å². The summed E-state index contributed by atoms with van der Waals surface area (Å²) >= 11 is 0. The van der Waals surface area contributed by atoms with E-state index in [0.29, 0.717) is 17.0 Å². The van der Waals surface area contributed by atoms with Gasteiger partial charge < -0.3 is 19.9 Å². The molecule has 124 valence electrons. The molecule has 0 heterocycles. The average Bonchev–Trinajstić information content (AvgIpc) is 2.50. The highest BCUT2D eigenvalue weighted by molar-refractivity contribution is 5.50.